The van der Waals surface area contributed by atoms with Crippen molar-refractivity contribution in [1.29, 1.82) is 0 Å². The second kappa shape index (κ2) is 10.0. The molecule has 3 aliphatic heterocycles. The Hall–Kier alpha value is -1.76. The molecule has 0 spiro atoms. The largest absolute Gasteiger partial charge is 0.497 e. The van der Waals surface area contributed by atoms with Crippen LogP contribution in [0.5, 0.6) is 5.75 Å². The molecule has 1 aromatic heterocycles. The predicted octanol–water partition coefficient (Wildman–Crippen LogP) is 5.38. The molecule has 0 N–H and O–H groups in total. The van der Waals surface area contributed by atoms with Crippen molar-refractivity contribution in [3.8, 4) is 5.75 Å². The van der Waals surface area contributed by atoms with Crippen LogP contribution in [-0.4, -0.2) is 49.3 Å². The lowest BCUT2D eigenvalue weighted by Gasteiger charge is -2.51. The Kier molecular flexibility index (Phi) is 7.33. The Balaban J connectivity index is 1.79. The average molecular weight is 461 g/mol. The highest BCUT2D eigenvalue weighted by Gasteiger charge is 2.46. The van der Waals surface area contributed by atoms with E-state index in [1.54, 1.807) is 27.2 Å². The van der Waals surface area contributed by atoms with Crippen LogP contribution in [0.1, 0.15) is 38.4 Å². The van der Waals surface area contributed by atoms with Crippen molar-refractivity contribution in [1.82, 2.24) is 9.88 Å². The lowest BCUT2D eigenvalue weighted by Crippen LogP contribution is -2.55. The van der Waals surface area contributed by atoms with Gasteiger partial charge in [0, 0.05) is 24.2 Å². The lowest BCUT2D eigenvalue weighted by molar-refractivity contribution is -0.0478. The Morgan fingerprint density at radius 2 is 2.06 bits per heavy atom. The van der Waals surface area contributed by atoms with Gasteiger partial charge in [0.2, 0.25) is 0 Å². The average Bonchev–Trinajstić information content (AvgIpc) is 2.82. The molecule has 4 heterocycles. The summed E-state index contributed by atoms with van der Waals surface area (Å²) in [5.74, 6) is 1.75. The van der Waals surface area contributed by atoms with Crippen LogP contribution in [0.2, 0.25) is 0 Å². The van der Waals surface area contributed by atoms with Crippen LogP contribution in [0.3, 0.4) is 0 Å². The van der Waals surface area contributed by atoms with Crippen molar-refractivity contribution in [2.45, 2.75) is 38.8 Å². The van der Waals surface area contributed by atoms with Crippen LogP contribution in [0, 0.1) is 11.8 Å². The highest BCUT2D eigenvalue weighted by Crippen LogP contribution is 2.56. The molecule has 0 radical (unpaired) electrons. The van der Waals surface area contributed by atoms with Crippen LogP contribution >= 0.6 is 7.82 Å². The molecule has 7 nitrogen and oxygen atoms in total. The minimum atomic E-state index is -3.75. The van der Waals surface area contributed by atoms with E-state index >= 15 is 0 Å². The molecule has 5 rings (SSSR count). The van der Waals surface area contributed by atoms with E-state index in [4.69, 9.17) is 18.3 Å². The van der Waals surface area contributed by atoms with E-state index < -0.39 is 13.9 Å². The summed E-state index contributed by atoms with van der Waals surface area (Å²) >= 11 is 0. The van der Waals surface area contributed by atoms with E-state index in [1.165, 1.54) is 0 Å². The van der Waals surface area contributed by atoms with E-state index in [2.05, 4.69) is 22.5 Å². The Labute approximate surface area is 190 Å². The first kappa shape index (κ1) is 23.4. The lowest BCUT2D eigenvalue weighted by atomic mass is 9.73. The molecule has 174 valence electrons. The topological polar surface area (TPSA) is 70.1 Å². The molecule has 3 fully saturated rings. The van der Waals surface area contributed by atoms with Crippen molar-refractivity contribution in [3.05, 3.63) is 48.7 Å². The fourth-order valence-corrected chi connectivity index (χ4v) is 6.46. The van der Waals surface area contributed by atoms with Gasteiger partial charge in [-0.15, -0.1) is 6.58 Å². The summed E-state index contributed by atoms with van der Waals surface area (Å²) in [7, 11) is -2.10. The van der Waals surface area contributed by atoms with Gasteiger partial charge in [0.15, 0.2) is 0 Å². The van der Waals surface area contributed by atoms with Gasteiger partial charge in [-0.05, 0) is 74.9 Å². The predicted molar refractivity (Wildman–Crippen MR) is 125 cm³/mol. The third-order valence-electron chi connectivity index (χ3n) is 6.61. The zero-order chi connectivity index (χ0) is 22.7. The molecule has 8 heteroatoms. The molecule has 1 aromatic carbocycles. The fraction of sp³-hybridized carbons (Fsp3) is 0.542. The summed E-state index contributed by atoms with van der Waals surface area (Å²) in [5.41, 5.74) is 1.75. The van der Waals surface area contributed by atoms with E-state index in [0.29, 0.717) is 11.8 Å². The van der Waals surface area contributed by atoms with Crippen LogP contribution in [0.4, 0.5) is 0 Å². The monoisotopic (exact) mass is 460 g/mol. The van der Waals surface area contributed by atoms with Gasteiger partial charge >= 0.3 is 7.82 Å². The van der Waals surface area contributed by atoms with Crippen LogP contribution < -0.4 is 4.74 Å². The fourth-order valence-electron chi connectivity index (χ4n) is 5.10. The number of phosphoric acid groups is 1. The van der Waals surface area contributed by atoms with Crippen LogP contribution in [-0.2, 0) is 18.1 Å². The molecule has 32 heavy (non-hydrogen) atoms. The van der Waals surface area contributed by atoms with Crippen molar-refractivity contribution in [2.75, 3.05) is 33.4 Å². The number of nitrogens with zero attached hydrogens (tertiary/aromatic N) is 2. The van der Waals surface area contributed by atoms with Gasteiger partial charge in [0.25, 0.3) is 0 Å². The summed E-state index contributed by atoms with van der Waals surface area (Å²) in [6, 6.07) is 7.78. The van der Waals surface area contributed by atoms with E-state index in [-0.39, 0.29) is 19.3 Å². The quantitative estimate of drug-likeness (QED) is 0.348. The van der Waals surface area contributed by atoms with Crippen LogP contribution in [0.15, 0.2) is 43.1 Å². The summed E-state index contributed by atoms with van der Waals surface area (Å²) in [4.78, 5) is 6.95. The van der Waals surface area contributed by atoms with Gasteiger partial charge in [-0.3, -0.25) is 23.5 Å². The number of hydrogen-bond donors (Lipinski definition) is 0. The molecule has 2 aromatic rings. The third kappa shape index (κ3) is 4.63. The molecule has 0 aliphatic carbocycles. The first-order valence-corrected chi connectivity index (χ1v) is 12.8. The van der Waals surface area contributed by atoms with E-state index in [1.807, 2.05) is 24.3 Å². The number of aromatic nitrogens is 1. The summed E-state index contributed by atoms with van der Waals surface area (Å²) in [6.07, 6.45) is 5.42. The maximum absolute atomic E-state index is 13.5. The number of hydrogen-bond acceptors (Lipinski definition) is 7. The standard InChI is InChI=1S/C24H33N2O5P/c1-5-17-16-26-13-11-18(17)14-23(26)24(31-32(27,29-6-2)30-7-3)20-10-12-25-22-9-8-19(28-4)15-21(20)22/h5,8-10,12,15,17-18,23-24H,1,6-7,11,13-14,16H2,2-4H3/t17-,18?,23-,24+/m0/s1. The second-order valence-electron chi connectivity index (χ2n) is 8.34. The number of methoxy groups -OCH3 is 1. The highest BCUT2D eigenvalue weighted by atomic mass is 31.2. The molecular weight excluding hydrogens is 427 g/mol. The van der Waals surface area contributed by atoms with Gasteiger partial charge < -0.3 is 4.74 Å². The van der Waals surface area contributed by atoms with Crippen LogP contribution in [0.25, 0.3) is 10.9 Å². The summed E-state index contributed by atoms with van der Waals surface area (Å²) in [6.45, 7) is 10.0. The molecule has 0 amide bonds. The van der Waals surface area contributed by atoms with Gasteiger partial charge in [-0.1, -0.05) is 6.08 Å². The molecule has 0 saturated carbocycles. The van der Waals surface area contributed by atoms with Gasteiger partial charge in [-0.25, -0.2) is 4.57 Å². The van der Waals surface area contributed by atoms with Gasteiger partial charge in [0.1, 0.15) is 11.9 Å². The number of phosphoric ester groups is 1. The minimum absolute atomic E-state index is 0.0518. The number of fused-ring (bicyclic) bond motifs is 4. The molecular formula is C24H33N2O5P. The van der Waals surface area contributed by atoms with Crippen molar-refractivity contribution in [2.24, 2.45) is 11.8 Å². The van der Waals surface area contributed by atoms with Crippen molar-refractivity contribution >= 4 is 18.7 Å². The first-order chi connectivity index (χ1) is 15.5. The number of ether oxygens (including phenoxy) is 1. The van der Waals surface area contributed by atoms with E-state index in [0.717, 1.165) is 48.1 Å². The molecule has 3 aliphatic rings. The van der Waals surface area contributed by atoms with Crippen molar-refractivity contribution in [3.63, 3.8) is 0 Å². The molecule has 5 atom stereocenters. The third-order valence-corrected chi connectivity index (χ3v) is 8.24. The van der Waals surface area contributed by atoms with Gasteiger partial charge in [0.05, 0.1) is 25.8 Å². The smallest absolute Gasteiger partial charge is 0.475 e. The summed E-state index contributed by atoms with van der Waals surface area (Å²) < 4.78 is 36.3. The minimum Gasteiger partial charge on any atom is -0.497 e. The zero-order valence-electron chi connectivity index (χ0n) is 19.1. The Morgan fingerprint density at radius 3 is 2.69 bits per heavy atom. The maximum Gasteiger partial charge on any atom is 0.475 e. The van der Waals surface area contributed by atoms with E-state index in [9.17, 15) is 4.57 Å². The molecule has 2 bridgehead atoms. The molecule has 3 saturated heterocycles. The van der Waals surface area contributed by atoms with Gasteiger partial charge in [-0.2, -0.15) is 0 Å². The number of benzene rings is 1. The zero-order valence-corrected chi connectivity index (χ0v) is 20.0. The second-order valence-corrected chi connectivity index (χ2v) is 9.96. The van der Waals surface area contributed by atoms with Crippen molar-refractivity contribution < 1.29 is 22.9 Å². The highest BCUT2D eigenvalue weighted by molar-refractivity contribution is 7.48. The SMILES string of the molecule is C=C[C@H]1CN2CCC1C[C@H]2[C@H](OP(=O)(OCC)OCC)c1ccnc2ccc(OC)cc12. The Bertz CT molecular complexity index is 990. The summed E-state index contributed by atoms with van der Waals surface area (Å²) in [5, 5.41) is 0.916. The number of rotatable bonds is 10. The molecule has 2 unspecified atom stereocenters. The Morgan fingerprint density at radius 1 is 1.28 bits per heavy atom. The number of piperidine rings is 3. The normalized spacial score (nSPS) is 26.2. The number of pyridine rings is 1. The first-order valence-electron chi connectivity index (χ1n) is 11.4. The maximum atomic E-state index is 13.5.